The SMILES string of the molecule is CC(=O)c1c[nH]c(C(=O)N(Cc2ccccc2)Cc2ccccc2)c1. The van der Waals surface area contributed by atoms with Gasteiger partial charge in [-0.15, -0.1) is 0 Å². The highest BCUT2D eigenvalue weighted by Gasteiger charge is 2.19. The first kappa shape index (κ1) is 16.7. The lowest BCUT2D eigenvalue weighted by molar-refractivity contribution is 0.0724. The zero-order valence-electron chi connectivity index (χ0n) is 14.1. The van der Waals surface area contributed by atoms with Gasteiger partial charge in [-0.25, -0.2) is 0 Å². The molecule has 2 aromatic carbocycles. The molecule has 0 bridgehead atoms. The molecule has 0 fully saturated rings. The molecule has 0 saturated carbocycles. The van der Waals surface area contributed by atoms with Crippen molar-refractivity contribution in [1.82, 2.24) is 9.88 Å². The lowest BCUT2D eigenvalue weighted by Gasteiger charge is -2.22. The number of hydrogen-bond acceptors (Lipinski definition) is 2. The van der Waals surface area contributed by atoms with Crippen molar-refractivity contribution >= 4 is 11.7 Å². The maximum Gasteiger partial charge on any atom is 0.270 e. The molecular weight excluding hydrogens is 312 g/mol. The Balaban J connectivity index is 1.86. The second-order valence-corrected chi connectivity index (χ2v) is 5.99. The van der Waals surface area contributed by atoms with E-state index in [9.17, 15) is 9.59 Å². The summed E-state index contributed by atoms with van der Waals surface area (Å²) in [4.78, 5) is 29.2. The molecular formula is C21H20N2O2. The number of carbonyl (C=O) groups is 2. The largest absolute Gasteiger partial charge is 0.356 e. The number of benzene rings is 2. The van der Waals surface area contributed by atoms with Crippen LogP contribution in [-0.4, -0.2) is 21.6 Å². The molecule has 0 aliphatic rings. The minimum Gasteiger partial charge on any atom is -0.356 e. The summed E-state index contributed by atoms with van der Waals surface area (Å²) in [7, 11) is 0. The molecule has 126 valence electrons. The smallest absolute Gasteiger partial charge is 0.270 e. The number of nitrogens with one attached hydrogen (secondary N) is 1. The Morgan fingerprint density at radius 2 is 1.40 bits per heavy atom. The van der Waals surface area contributed by atoms with Gasteiger partial charge in [0.25, 0.3) is 5.91 Å². The molecule has 0 aliphatic heterocycles. The fraction of sp³-hybridized carbons (Fsp3) is 0.143. The number of hydrogen-bond donors (Lipinski definition) is 1. The molecule has 1 amide bonds. The summed E-state index contributed by atoms with van der Waals surface area (Å²) < 4.78 is 0. The minimum absolute atomic E-state index is 0.0621. The van der Waals surface area contributed by atoms with Gasteiger partial charge >= 0.3 is 0 Å². The number of H-pyrrole nitrogens is 1. The van der Waals surface area contributed by atoms with Gasteiger partial charge in [-0.05, 0) is 24.1 Å². The van der Waals surface area contributed by atoms with Gasteiger partial charge in [0.15, 0.2) is 5.78 Å². The van der Waals surface area contributed by atoms with E-state index in [4.69, 9.17) is 0 Å². The van der Waals surface area contributed by atoms with E-state index in [2.05, 4.69) is 4.98 Å². The Morgan fingerprint density at radius 1 is 0.880 bits per heavy atom. The lowest BCUT2D eigenvalue weighted by atomic mass is 10.1. The topological polar surface area (TPSA) is 53.2 Å². The van der Waals surface area contributed by atoms with Crippen LogP contribution in [0.5, 0.6) is 0 Å². The highest BCUT2D eigenvalue weighted by molar-refractivity contribution is 5.99. The van der Waals surface area contributed by atoms with Crippen LogP contribution in [0.15, 0.2) is 72.9 Å². The van der Waals surface area contributed by atoms with Crippen molar-refractivity contribution in [3.8, 4) is 0 Å². The summed E-state index contributed by atoms with van der Waals surface area (Å²) in [6, 6.07) is 21.4. The van der Waals surface area contributed by atoms with Gasteiger partial charge in [0.05, 0.1) is 0 Å². The number of ketones is 1. The van der Waals surface area contributed by atoms with Gasteiger partial charge in [0, 0.05) is 24.8 Å². The average molecular weight is 332 g/mol. The predicted octanol–water partition coefficient (Wildman–Crippen LogP) is 4.06. The summed E-state index contributed by atoms with van der Waals surface area (Å²) in [5.74, 6) is -0.187. The summed E-state index contributed by atoms with van der Waals surface area (Å²) >= 11 is 0. The number of amides is 1. The number of aromatic amines is 1. The molecule has 0 spiro atoms. The fourth-order valence-electron chi connectivity index (χ4n) is 2.70. The first-order valence-corrected chi connectivity index (χ1v) is 8.20. The molecule has 0 atom stereocenters. The molecule has 1 heterocycles. The van der Waals surface area contributed by atoms with Crippen molar-refractivity contribution in [3.63, 3.8) is 0 Å². The molecule has 4 heteroatoms. The van der Waals surface area contributed by atoms with Gasteiger partial charge in [-0.3, -0.25) is 9.59 Å². The monoisotopic (exact) mass is 332 g/mol. The Kier molecular flexibility index (Phi) is 5.09. The molecule has 0 unspecified atom stereocenters. The number of Topliss-reactive ketones (excluding diaryl/α,β-unsaturated/α-hetero) is 1. The van der Waals surface area contributed by atoms with E-state index in [0.29, 0.717) is 24.3 Å². The van der Waals surface area contributed by atoms with Crippen LogP contribution in [-0.2, 0) is 13.1 Å². The van der Waals surface area contributed by atoms with Crippen LogP contribution in [0, 0.1) is 0 Å². The lowest BCUT2D eigenvalue weighted by Crippen LogP contribution is -2.30. The summed E-state index contributed by atoms with van der Waals surface area (Å²) in [5.41, 5.74) is 3.06. The van der Waals surface area contributed by atoms with Gasteiger partial charge in [-0.1, -0.05) is 60.7 Å². The molecule has 0 saturated heterocycles. The standard InChI is InChI=1S/C21H20N2O2/c1-16(24)19-12-20(22-13-19)21(25)23(14-17-8-4-2-5-9-17)15-18-10-6-3-7-11-18/h2-13,22H,14-15H2,1H3. The Labute approximate surface area is 147 Å². The van der Waals surface area contributed by atoms with Gasteiger partial charge in [0.1, 0.15) is 5.69 Å². The molecule has 0 aliphatic carbocycles. The zero-order chi connectivity index (χ0) is 17.6. The molecule has 1 N–H and O–H groups in total. The summed E-state index contributed by atoms with van der Waals surface area (Å²) in [6.07, 6.45) is 1.58. The van der Waals surface area contributed by atoms with E-state index in [1.165, 1.54) is 6.92 Å². The average Bonchev–Trinajstić information content (AvgIpc) is 3.13. The van der Waals surface area contributed by atoms with E-state index in [1.807, 2.05) is 60.7 Å². The third-order valence-electron chi connectivity index (χ3n) is 4.04. The van der Waals surface area contributed by atoms with E-state index in [0.717, 1.165) is 11.1 Å². The zero-order valence-corrected chi connectivity index (χ0v) is 14.1. The highest BCUT2D eigenvalue weighted by atomic mass is 16.2. The minimum atomic E-state index is -0.125. The molecule has 3 aromatic rings. The summed E-state index contributed by atoms with van der Waals surface area (Å²) in [6.45, 7) is 2.50. The molecule has 0 radical (unpaired) electrons. The number of aromatic nitrogens is 1. The van der Waals surface area contributed by atoms with Gasteiger partial charge in [-0.2, -0.15) is 0 Å². The van der Waals surface area contributed by atoms with E-state index >= 15 is 0 Å². The van der Waals surface area contributed by atoms with Crippen LogP contribution < -0.4 is 0 Å². The van der Waals surface area contributed by atoms with Crippen molar-refractivity contribution in [1.29, 1.82) is 0 Å². The van der Waals surface area contributed by atoms with Crippen LogP contribution in [0.4, 0.5) is 0 Å². The normalized spacial score (nSPS) is 10.4. The quantitative estimate of drug-likeness (QED) is 0.692. The maximum absolute atomic E-state index is 13.0. The molecule has 1 aromatic heterocycles. The van der Waals surface area contributed by atoms with Crippen LogP contribution in [0.25, 0.3) is 0 Å². The Bertz CT molecular complexity index is 812. The molecule has 4 nitrogen and oxygen atoms in total. The Hall–Kier alpha value is -3.14. The third-order valence-corrected chi connectivity index (χ3v) is 4.04. The third kappa shape index (κ3) is 4.23. The second-order valence-electron chi connectivity index (χ2n) is 5.99. The van der Waals surface area contributed by atoms with Crippen LogP contribution in [0.3, 0.4) is 0 Å². The number of rotatable bonds is 6. The van der Waals surface area contributed by atoms with Crippen LogP contribution in [0.1, 0.15) is 38.9 Å². The Morgan fingerprint density at radius 3 is 1.84 bits per heavy atom. The number of carbonyl (C=O) groups excluding carboxylic acids is 2. The van der Waals surface area contributed by atoms with E-state index in [-0.39, 0.29) is 11.7 Å². The fourth-order valence-corrected chi connectivity index (χ4v) is 2.70. The van der Waals surface area contributed by atoms with Crippen molar-refractivity contribution < 1.29 is 9.59 Å². The van der Waals surface area contributed by atoms with Gasteiger partial charge < -0.3 is 9.88 Å². The predicted molar refractivity (Wildman–Crippen MR) is 97.3 cm³/mol. The van der Waals surface area contributed by atoms with E-state index in [1.54, 1.807) is 17.2 Å². The summed E-state index contributed by atoms with van der Waals surface area (Å²) in [5, 5.41) is 0. The first-order chi connectivity index (χ1) is 12.1. The van der Waals surface area contributed by atoms with Crippen LogP contribution in [0.2, 0.25) is 0 Å². The van der Waals surface area contributed by atoms with Crippen molar-refractivity contribution in [2.24, 2.45) is 0 Å². The van der Waals surface area contributed by atoms with Crippen molar-refractivity contribution in [2.75, 3.05) is 0 Å². The number of nitrogens with zero attached hydrogens (tertiary/aromatic N) is 1. The first-order valence-electron chi connectivity index (χ1n) is 8.20. The van der Waals surface area contributed by atoms with Crippen LogP contribution >= 0.6 is 0 Å². The second kappa shape index (κ2) is 7.62. The molecule has 3 rings (SSSR count). The van der Waals surface area contributed by atoms with Crippen molar-refractivity contribution in [3.05, 3.63) is 95.3 Å². The molecule has 25 heavy (non-hydrogen) atoms. The van der Waals surface area contributed by atoms with Gasteiger partial charge in [0.2, 0.25) is 0 Å². The maximum atomic E-state index is 13.0. The van der Waals surface area contributed by atoms with E-state index < -0.39 is 0 Å². The van der Waals surface area contributed by atoms with Crippen molar-refractivity contribution in [2.45, 2.75) is 20.0 Å². The highest BCUT2D eigenvalue weighted by Crippen LogP contribution is 2.15.